The van der Waals surface area contributed by atoms with Gasteiger partial charge in [-0.3, -0.25) is 0 Å². The van der Waals surface area contributed by atoms with E-state index in [1.807, 2.05) is 6.92 Å². The Bertz CT molecular complexity index is 1160. The molecule has 0 aliphatic heterocycles. The maximum Gasteiger partial charge on any atom is 0.241 e. The number of aryl methyl sites for hydroxylation is 1. The van der Waals surface area contributed by atoms with Crippen LogP contribution < -0.4 is 26.1 Å². The van der Waals surface area contributed by atoms with Crippen molar-refractivity contribution in [2.24, 2.45) is 5.90 Å². The van der Waals surface area contributed by atoms with E-state index >= 15 is 0 Å². The number of hydrogen-bond acceptors (Lipinski definition) is 8. The molecule has 0 fully saturated rings. The Balaban J connectivity index is 1.82. The molecule has 31 heavy (non-hydrogen) atoms. The molecule has 0 saturated heterocycles. The molecule has 0 radical (unpaired) electrons. The lowest BCUT2D eigenvalue weighted by Gasteiger charge is -2.20. The van der Waals surface area contributed by atoms with Crippen LogP contribution in [0.5, 0.6) is 5.75 Å². The second-order valence-electron chi connectivity index (χ2n) is 8.00. The van der Waals surface area contributed by atoms with Gasteiger partial charge in [0.1, 0.15) is 11.6 Å². The van der Waals surface area contributed by atoms with Gasteiger partial charge in [-0.1, -0.05) is 6.07 Å². The Kier molecular flexibility index (Phi) is 6.44. The second-order valence-corrected chi connectivity index (χ2v) is 9.68. The van der Waals surface area contributed by atoms with Gasteiger partial charge in [-0.25, -0.2) is 18.1 Å². The summed E-state index contributed by atoms with van der Waals surface area (Å²) in [6.45, 7) is 7.24. The van der Waals surface area contributed by atoms with Crippen molar-refractivity contribution in [2.75, 3.05) is 10.6 Å². The predicted molar refractivity (Wildman–Crippen MR) is 121 cm³/mol. The molecule has 1 aromatic heterocycles. The minimum Gasteiger partial charge on any atom is -0.412 e. The Morgan fingerprint density at radius 1 is 1.00 bits per heavy atom. The van der Waals surface area contributed by atoms with E-state index in [9.17, 15) is 8.42 Å². The number of benzene rings is 2. The van der Waals surface area contributed by atoms with Crippen LogP contribution in [0.25, 0.3) is 0 Å². The summed E-state index contributed by atoms with van der Waals surface area (Å²) in [5, 5.41) is 6.28. The van der Waals surface area contributed by atoms with Gasteiger partial charge in [0.15, 0.2) is 0 Å². The van der Waals surface area contributed by atoms with E-state index in [2.05, 4.69) is 30.2 Å². The number of nitrogens with two attached hydrogens (primary N) is 1. The molecule has 0 unspecified atom stereocenters. The SMILES string of the molecule is Cc1cnc(Nc2ccc(ON)cc2)nc1Nc1cccc(S(=O)(=O)NC(C)(C)C)c1. The molecule has 5 N–H and O–H groups in total. The van der Waals surface area contributed by atoms with Crippen molar-refractivity contribution in [2.45, 2.75) is 38.1 Å². The van der Waals surface area contributed by atoms with Crippen LogP contribution in [0.4, 0.5) is 23.1 Å². The molecule has 0 spiro atoms. The first-order valence-electron chi connectivity index (χ1n) is 9.54. The molecule has 0 atom stereocenters. The molecule has 0 bridgehead atoms. The average molecular weight is 443 g/mol. The van der Waals surface area contributed by atoms with Gasteiger partial charge in [-0.15, -0.1) is 0 Å². The fourth-order valence-corrected chi connectivity index (χ4v) is 4.18. The number of nitrogens with zero attached hydrogens (tertiary/aromatic N) is 2. The highest BCUT2D eigenvalue weighted by Gasteiger charge is 2.22. The van der Waals surface area contributed by atoms with Crippen LogP contribution in [0.2, 0.25) is 0 Å². The molecule has 9 nitrogen and oxygen atoms in total. The van der Waals surface area contributed by atoms with Crippen LogP contribution in [0, 0.1) is 6.92 Å². The summed E-state index contributed by atoms with van der Waals surface area (Å²) in [4.78, 5) is 13.6. The van der Waals surface area contributed by atoms with Gasteiger partial charge in [0, 0.05) is 28.7 Å². The van der Waals surface area contributed by atoms with E-state index in [4.69, 9.17) is 5.90 Å². The second kappa shape index (κ2) is 8.88. The number of anilines is 4. The van der Waals surface area contributed by atoms with Gasteiger partial charge in [0.2, 0.25) is 16.0 Å². The van der Waals surface area contributed by atoms with E-state index < -0.39 is 15.6 Å². The molecule has 164 valence electrons. The lowest BCUT2D eigenvalue weighted by molar-refractivity contribution is 0.334. The fraction of sp³-hybridized carbons (Fsp3) is 0.238. The van der Waals surface area contributed by atoms with Crippen LogP contribution >= 0.6 is 0 Å². The third kappa shape index (κ3) is 6.14. The van der Waals surface area contributed by atoms with Gasteiger partial charge >= 0.3 is 0 Å². The standard InChI is InChI=1S/C21H26N6O3S/c1-14-13-23-20(25-15-8-10-17(30-22)11-9-15)26-19(14)24-16-6-5-7-18(12-16)31(28,29)27-21(2,3)4/h5-13,27H,22H2,1-4H3,(H2,23,24,25,26). The van der Waals surface area contributed by atoms with Gasteiger partial charge in [-0.05, 0) is 70.2 Å². The van der Waals surface area contributed by atoms with Gasteiger partial charge in [0.25, 0.3) is 0 Å². The molecule has 1 heterocycles. The van der Waals surface area contributed by atoms with E-state index in [0.29, 0.717) is 23.2 Å². The lowest BCUT2D eigenvalue weighted by Crippen LogP contribution is -2.40. The predicted octanol–water partition coefficient (Wildman–Crippen LogP) is 3.60. The Morgan fingerprint density at radius 2 is 1.71 bits per heavy atom. The monoisotopic (exact) mass is 442 g/mol. The van der Waals surface area contributed by atoms with Crippen LogP contribution in [0.15, 0.2) is 59.6 Å². The van der Waals surface area contributed by atoms with Crippen molar-refractivity contribution in [3.63, 3.8) is 0 Å². The Morgan fingerprint density at radius 3 is 2.35 bits per heavy atom. The zero-order valence-corrected chi connectivity index (χ0v) is 18.6. The first-order chi connectivity index (χ1) is 14.6. The molecule has 0 saturated carbocycles. The molecule has 10 heteroatoms. The minimum absolute atomic E-state index is 0.166. The largest absolute Gasteiger partial charge is 0.412 e. The molecular formula is C21H26N6O3S. The molecule has 0 amide bonds. The summed E-state index contributed by atoms with van der Waals surface area (Å²) >= 11 is 0. The van der Waals surface area contributed by atoms with Gasteiger partial charge in [0.05, 0.1) is 4.90 Å². The number of aromatic nitrogens is 2. The summed E-state index contributed by atoms with van der Waals surface area (Å²) in [7, 11) is -3.65. The normalized spacial score (nSPS) is 11.8. The number of hydrogen-bond donors (Lipinski definition) is 4. The number of rotatable bonds is 7. The van der Waals surface area contributed by atoms with E-state index in [-0.39, 0.29) is 4.90 Å². The van der Waals surface area contributed by atoms with Crippen LogP contribution in [0.1, 0.15) is 26.3 Å². The van der Waals surface area contributed by atoms with E-state index in [1.54, 1.807) is 75.5 Å². The quantitative estimate of drug-likeness (QED) is 0.408. The fourth-order valence-electron chi connectivity index (χ4n) is 2.71. The number of sulfonamides is 1. The summed E-state index contributed by atoms with van der Waals surface area (Å²) in [5.41, 5.74) is 1.57. The third-order valence-corrected chi connectivity index (χ3v) is 5.82. The maximum atomic E-state index is 12.6. The lowest BCUT2D eigenvalue weighted by atomic mass is 10.1. The summed E-state index contributed by atoms with van der Waals surface area (Å²) in [5.74, 6) is 6.61. The minimum atomic E-state index is -3.65. The van der Waals surface area contributed by atoms with Gasteiger partial charge < -0.3 is 15.5 Å². The Labute approximate surface area is 182 Å². The summed E-state index contributed by atoms with van der Waals surface area (Å²) in [6.07, 6.45) is 1.68. The molecular weight excluding hydrogens is 416 g/mol. The van der Waals surface area contributed by atoms with Crippen LogP contribution in [-0.2, 0) is 10.0 Å². The van der Waals surface area contributed by atoms with Crippen molar-refractivity contribution in [1.29, 1.82) is 0 Å². The molecule has 2 aromatic carbocycles. The van der Waals surface area contributed by atoms with Crippen LogP contribution in [-0.4, -0.2) is 23.9 Å². The highest BCUT2D eigenvalue weighted by Crippen LogP contribution is 2.24. The van der Waals surface area contributed by atoms with Gasteiger partial charge in [-0.2, -0.15) is 10.9 Å². The summed E-state index contributed by atoms with van der Waals surface area (Å²) in [6, 6.07) is 13.6. The zero-order chi connectivity index (χ0) is 22.6. The van der Waals surface area contributed by atoms with Crippen molar-refractivity contribution in [3.8, 4) is 5.75 Å². The smallest absolute Gasteiger partial charge is 0.241 e. The van der Waals surface area contributed by atoms with Crippen molar-refractivity contribution in [1.82, 2.24) is 14.7 Å². The average Bonchev–Trinajstić information content (AvgIpc) is 2.69. The van der Waals surface area contributed by atoms with Crippen molar-refractivity contribution >= 4 is 33.2 Å². The number of nitrogens with one attached hydrogen (secondary N) is 3. The highest BCUT2D eigenvalue weighted by molar-refractivity contribution is 7.89. The molecule has 3 rings (SSSR count). The highest BCUT2D eigenvalue weighted by atomic mass is 32.2. The Hall–Kier alpha value is -3.21. The maximum absolute atomic E-state index is 12.6. The first-order valence-corrected chi connectivity index (χ1v) is 11.0. The zero-order valence-electron chi connectivity index (χ0n) is 17.8. The summed E-state index contributed by atoms with van der Waals surface area (Å²) < 4.78 is 27.9. The third-order valence-electron chi connectivity index (χ3n) is 4.07. The van der Waals surface area contributed by atoms with Crippen molar-refractivity contribution < 1.29 is 13.3 Å². The van der Waals surface area contributed by atoms with Crippen molar-refractivity contribution in [3.05, 3.63) is 60.3 Å². The molecule has 3 aromatic rings. The van der Waals surface area contributed by atoms with E-state index in [0.717, 1.165) is 11.3 Å². The first kappa shape index (κ1) is 22.5. The molecule has 0 aliphatic carbocycles. The molecule has 0 aliphatic rings. The van der Waals surface area contributed by atoms with Crippen LogP contribution in [0.3, 0.4) is 0 Å². The van der Waals surface area contributed by atoms with E-state index in [1.165, 1.54) is 0 Å². The topological polar surface area (TPSA) is 131 Å².